The van der Waals surface area contributed by atoms with E-state index in [0.717, 1.165) is 31.7 Å². The van der Waals surface area contributed by atoms with Gasteiger partial charge in [0.05, 0.1) is 31.3 Å². The van der Waals surface area contributed by atoms with Gasteiger partial charge in [-0.25, -0.2) is 13.1 Å². The zero-order chi connectivity index (χ0) is 19.8. The molecule has 0 aliphatic carbocycles. The fourth-order valence-corrected chi connectivity index (χ4v) is 3.27. The maximum absolute atomic E-state index is 12.1. The third-order valence-electron chi connectivity index (χ3n) is 3.73. The molecule has 0 heterocycles. The quantitative estimate of drug-likeness (QED) is 0.386. The molecule has 0 amide bonds. The SMILES string of the molecule is CCNCCCOCCOCCOCCCNS(=O)(=O)c1ccc(C)cc1. The number of rotatable bonds is 17. The van der Waals surface area contributed by atoms with Crippen LogP contribution in [-0.4, -0.2) is 67.7 Å². The van der Waals surface area contributed by atoms with Gasteiger partial charge in [0.15, 0.2) is 0 Å². The van der Waals surface area contributed by atoms with E-state index in [2.05, 4.69) is 17.0 Å². The first kappa shape index (κ1) is 24.0. The third-order valence-corrected chi connectivity index (χ3v) is 5.20. The van der Waals surface area contributed by atoms with Crippen molar-refractivity contribution in [2.24, 2.45) is 0 Å². The lowest BCUT2D eigenvalue weighted by Gasteiger charge is -2.08. The molecule has 0 atom stereocenters. The summed E-state index contributed by atoms with van der Waals surface area (Å²) in [5, 5.41) is 3.24. The van der Waals surface area contributed by atoms with Crippen molar-refractivity contribution >= 4 is 10.0 Å². The van der Waals surface area contributed by atoms with Gasteiger partial charge in [0, 0.05) is 19.8 Å². The molecular formula is C19H34N2O5S. The van der Waals surface area contributed by atoms with Crippen LogP contribution in [0.5, 0.6) is 0 Å². The Balaban J connectivity index is 1.91. The molecule has 7 nitrogen and oxygen atoms in total. The number of nitrogens with one attached hydrogen (secondary N) is 2. The van der Waals surface area contributed by atoms with E-state index in [-0.39, 0.29) is 4.90 Å². The molecule has 27 heavy (non-hydrogen) atoms. The molecule has 0 radical (unpaired) electrons. The molecule has 0 aliphatic rings. The fourth-order valence-electron chi connectivity index (χ4n) is 2.20. The Labute approximate surface area is 163 Å². The Hall–Kier alpha value is -1.03. The molecule has 1 rings (SSSR count). The van der Waals surface area contributed by atoms with Gasteiger partial charge in [-0.05, 0) is 45.0 Å². The highest BCUT2D eigenvalue weighted by Crippen LogP contribution is 2.09. The van der Waals surface area contributed by atoms with Crippen molar-refractivity contribution in [2.75, 3.05) is 59.3 Å². The van der Waals surface area contributed by atoms with Crippen LogP contribution in [0.25, 0.3) is 0 Å². The van der Waals surface area contributed by atoms with Crippen LogP contribution < -0.4 is 10.0 Å². The average molecular weight is 403 g/mol. The smallest absolute Gasteiger partial charge is 0.240 e. The summed E-state index contributed by atoms with van der Waals surface area (Å²) in [7, 11) is -3.44. The highest BCUT2D eigenvalue weighted by Gasteiger charge is 2.12. The molecule has 0 aliphatic heterocycles. The Bertz CT molecular complexity index is 578. The fraction of sp³-hybridized carbons (Fsp3) is 0.684. The summed E-state index contributed by atoms with van der Waals surface area (Å²) in [6.07, 6.45) is 1.62. The molecule has 2 N–H and O–H groups in total. The molecule has 0 saturated carbocycles. The Morgan fingerprint density at radius 3 is 1.89 bits per heavy atom. The van der Waals surface area contributed by atoms with Crippen LogP contribution in [0.15, 0.2) is 29.2 Å². The molecule has 8 heteroatoms. The van der Waals surface area contributed by atoms with Crippen LogP contribution >= 0.6 is 0 Å². The van der Waals surface area contributed by atoms with Crippen LogP contribution in [0, 0.1) is 6.92 Å². The number of hydrogen-bond donors (Lipinski definition) is 2. The molecule has 0 bridgehead atoms. The van der Waals surface area contributed by atoms with E-state index in [4.69, 9.17) is 14.2 Å². The van der Waals surface area contributed by atoms with Crippen molar-refractivity contribution in [3.05, 3.63) is 29.8 Å². The minimum absolute atomic E-state index is 0.284. The molecule has 0 fully saturated rings. The molecule has 0 spiro atoms. The molecule has 0 aromatic heterocycles. The topological polar surface area (TPSA) is 85.9 Å². The van der Waals surface area contributed by atoms with Crippen molar-refractivity contribution in [3.8, 4) is 0 Å². The van der Waals surface area contributed by atoms with Crippen LogP contribution in [0.3, 0.4) is 0 Å². The van der Waals surface area contributed by atoms with Gasteiger partial charge in [0.25, 0.3) is 0 Å². The van der Waals surface area contributed by atoms with Crippen molar-refractivity contribution < 1.29 is 22.6 Å². The number of ether oxygens (including phenoxy) is 3. The molecule has 1 aromatic carbocycles. The lowest BCUT2D eigenvalue weighted by molar-refractivity contribution is 0.0140. The summed E-state index contributed by atoms with van der Waals surface area (Å²) in [6, 6.07) is 6.79. The molecular weight excluding hydrogens is 368 g/mol. The van der Waals surface area contributed by atoms with Crippen LogP contribution in [0.2, 0.25) is 0 Å². The van der Waals surface area contributed by atoms with E-state index in [1.54, 1.807) is 24.3 Å². The average Bonchev–Trinajstić information content (AvgIpc) is 2.65. The Morgan fingerprint density at radius 2 is 1.33 bits per heavy atom. The second kappa shape index (κ2) is 15.0. The molecule has 0 saturated heterocycles. The van der Waals surface area contributed by atoms with E-state index in [0.29, 0.717) is 46.0 Å². The predicted molar refractivity (Wildman–Crippen MR) is 107 cm³/mol. The van der Waals surface area contributed by atoms with Crippen LogP contribution in [0.4, 0.5) is 0 Å². The van der Waals surface area contributed by atoms with Crippen LogP contribution in [-0.2, 0) is 24.2 Å². The highest BCUT2D eigenvalue weighted by molar-refractivity contribution is 7.89. The van der Waals surface area contributed by atoms with Crippen molar-refractivity contribution in [3.63, 3.8) is 0 Å². The number of sulfonamides is 1. The largest absolute Gasteiger partial charge is 0.379 e. The monoisotopic (exact) mass is 402 g/mol. The second-order valence-corrected chi connectivity index (χ2v) is 7.88. The van der Waals surface area contributed by atoms with Gasteiger partial charge in [-0.1, -0.05) is 24.6 Å². The van der Waals surface area contributed by atoms with Gasteiger partial charge in [-0.15, -0.1) is 0 Å². The normalized spacial score (nSPS) is 11.8. The van der Waals surface area contributed by atoms with Crippen molar-refractivity contribution in [1.29, 1.82) is 0 Å². The summed E-state index contributed by atoms with van der Waals surface area (Å²) in [5.41, 5.74) is 1.03. The molecule has 1 aromatic rings. The van der Waals surface area contributed by atoms with E-state index < -0.39 is 10.0 Å². The van der Waals surface area contributed by atoms with Gasteiger partial charge in [0.2, 0.25) is 10.0 Å². The van der Waals surface area contributed by atoms with E-state index in [9.17, 15) is 8.42 Å². The molecule has 156 valence electrons. The van der Waals surface area contributed by atoms with Crippen molar-refractivity contribution in [2.45, 2.75) is 31.6 Å². The van der Waals surface area contributed by atoms with Gasteiger partial charge < -0.3 is 19.5 Å². The first-order valence-electron chi connectivity index (χ1n) is 9.56. The standard InChI is InChI=1S/C19H34N2O5S/c1-3-20-10-4-12-24-14-16-26-17-15-25-13-5-11-21-27(22,23)19-8-6-18(2)7-9-19/h6-9,20-21H,3-5,10-17H2,1-2H3. The minimum Gasteiger partial charge on any atom is -0.379 e. The zero-order valence-electron chi connectivity index (χ0n) is 16.5. The zero-order valence-corrected chi connectivity index (χ0v) is 17.4. The Kier molecular flexibility index (Phi) is 13.3. The molecule has 0 unspecified atom stereocenters. The maximum atomic E-state index is 12.1. The lowest BCUT2D eigenvalue weighted by Crippen LogP contribution is -2.25. The summed E-state index contributed by atoms with van der Waals surface area (Å²) in [4.78, 5) is 0.284. The lowest BCUT2D eigenvalue weighted by atomic mass is 10.2. The number of aryl methyl sites for hydroxylation is 1. The van der Waals surface area contributed by atoms with E-state index >= 15 is 0 Å². The summed E-state index contributed by atoms with van der Waals surface area (Å²) in [6.45, 7) is 9.69. The van der Waals surface area contributed by atoms with E-state index in [1.807, 2.05) is 6.92 Å². The van der Waals surface area contributed by atoms with Gasteiger partial charge >= 0.3 is 0 Å². The second-order valence-electron chi connectivity index (χ2n) is 6.11. The summed E-state index contributed by atoms with van der Waals surface area (Å²) >= 11 is 0. The first-order valence-corrected chi connectivity index (χ1v) is 11.0. The summed E-state index contributed by atoms with van der Waals surface area (Å²) in [5.74, 6) is 0. The summed E-state index contributed by atoms with van der Waals surface area (Å²) < 4.78 is 43.0. The highest BCUT2D eigenvalue weighted by atomic mass is 32.2. The van der Waals surface area contributed by atoms with E-state index in [1.165, 1.54) is 0 Å². The van der Waals surface area contributed by atoms with Gasteiger partial charge in [-0.3, -0.25) is 0 Å². The number of hydrogen-bond acceptors (Lipinski definition) is 6. The van der Waals surface area contributed by atoms with Gasteiger partial charge in [0.1, 0.15) is 0 Å². The maximum Gasteiger partial charge on any atom is 0.240 e. The Morgan fingerprint density at radius 1 is 0.815 bits per heavy atom. The first-order chi connectivity index (χ1) is 13.1. The predicted octanol–water partition coefficient (Wildman–Crippen LogP) is 1.71. The number of benzene rings is 1. The third kappa shape index (κ3) is 12.1. The van der Waals surface area contributed by atoms with Crippen molar-refractivity contribution in [1.82, 2.24) is 10.0 Å². The van der Waals surface area contributed by atoms with Gasteiger partial charge in [-0.2, -0.15) is 0 Å². The van der Waals surface area contributed by atoms with Crippen LogP contribution in [0.1, 0.15) is 25.3 Å². The minimum atomic E-state index is -3.44.